The molecule has 7 heteroatoms. The van der Waals surface area contributed by atoms with E-state index in [-0.39, 0.29) is 24.6 Å². The summed E-state index contributed by atoms with van der Waals surface area (Å²) in [5.41, 5.74) is 2.79. The summed E-state index contributed by atoms with van der Waals surface area (Å²) in [6, 6.07) is 15.3. The predicted molar refractivity (Wildman–Crippen MR) is 128 cm³/mol. The Hall–Kier alpha value is -2.21. The van der Waals surface area contributed by atoms with Gasteiger partial charge in [0.25, 0.3) is 0 Å². The number of methoxy groups -OCH3 is 1. The number of hydrogen-bond acceptors (Lipinski definition) is 5. The predicted octanol–water partition coefficient (Wildman–Crippen LogP) is 2.61. The van der Waals surface area contributed by atoms with Gasteiger partial charge in [-0.05, 0) is 55.6 Å². The van der Waals surface area contributed by atoms with Crippen molar-refractivity contribution in [2.45, 2.75) is 42.7 Å². The van der Waals surface area contributed by atoms with Gasteiger partial charge in [0, 0.05) is 43.8 Å². The minimum Gasteiger partial charge on any atom is -0.395 e. The average molecular weight is 469 g/mol. The minimum absolute atomic E-state index is 0.00143. The zero-order valence-electron chi connectivity index (χ0n) is 19.3. The lowest BCUT2D eigenvalue weighted by Gasteiger charge is -2.57. The first-order valence-electron chi connectivity index (χ1n) is 11.5. The maximum Gasteiger partial charge on any atom is 0.243 e. The van der Waals surface area contributed by atoms with Crippen molar-refractivity contribution in [1.82, 2.24) is 9.21 Å². The number of ether oxygens (including phenoxy) is 1. The number of nitrogens with zero attached hydrogens (tertiary/aromatic N) is 2. The SMILES string of the molecule is COCC#Cc1ccc([C@@H]2[C@H]3CN(S(=O)(=O)c4ccccc4C)CCCCN3[C@H]2CO)cc1. The molecule has 33 heavy (non-hydrogen) atoms. The summed E-state index contributed by atoms with van der Waals surface area (Å²) in [6.45, 7) is 4.11. The Balaban J connectivity index is 1.60. The molecule has 2 aliphatic heterocycles. The van der Waals surface area contributed by atoms with E-state index < -0.39 is 10.0 Å². The van der Waals surface area contributed by atoms with Gasteiger partial charge >= 0.3 is 0 Å². The fourth-order valence-electron chi connectivity index (χ4n) is 5.11. The van der Waals surface area contributed by atoms with Gasteiger partial charge in [0.05, 0.1) is 11.5 Å². The van der Waals surface area contributed by atoms with Crippen LogP contribution in [0.15, 0.2) is 53.4 Å². The fraction of sp³-hybridized carbons (Fsp3) is 0.462. The quantitative estimate of drug-likeness (QED) is 0.683. The standard InChI is InChI=1S/C26H32N2O4S/c1-20-8-3-4-10-25(20)33(30,31)27-15-5-6-16-28-23(18-27)26(24(28)19-29)22-13-11-21(12-14-22)9-7-17-32-2/h3-4,8,10-14,23-24,26,29H,5-6,15-19H2,1-2H3/t23-,24+,26-/m1/s1. The molecule has 0 amide bonds. The summed E-state index contributed by atoms with van der Waals surface area (Å²) in [5.74, 6) is 6.11. The third kappa shape index (κ3) is 4.86. The second-order valence-electron chi connectivity index (χ2n) is 8.77. The number of rotatable bonds is 5. The van der Waals surface area contributed by atoms with Crippen LogP contribution in [-0.2, 0) is 14.8 Å². The molecule has 3 atom stereocenters. The third-order valence-electron chi connectivity index (χ3n) is 6.79. The molecule has 0 aliphatic carbocycles. The Morgan fingerprint density at radius 3 is 2.52 bits per heavy atom. The van der Waals surface area contributed by atoms with Crippen molar-refractivity contribution >= 4 is 10.0 Å². The lowest BCUT2D eigenvalue weighted by atomic mass is 9.74. The van der Waals surface area contributed by atoms with E-state index in [1.807, 2.05) is 31.2 Å². The molecule has 2 aliphatic rings. The summed E-state index contributed by atoms with van der Waals surface area (Å²) in [4.78, 5) is 2.67. The molecule has 6 nitrogen and oxygen atoms in total. The van der Waals surface area contributed by atoms with Gasteiger partial charge in [-0.25, -0.2) is 8.42 Å². The summed E-state index contributed by atoms with van der Waals surface area (Å²) in [5, 5.41) is 10.1. The van der Waals surface area contributed by atoms with Gasteiger partial charge in [-0.2, -0.15) is 4.31 Å². The first kappa shape index (κ1) is 23.9. The maximum atomic E-state index is 13.5. The van der Waals surface area contributed by atoms with Crippen LogP contribution in [-0.4, -0.2) is 74.8 Å². The summed E-state index contributed by atoms with van der Waals surface area (Å²) >= 11 is 0. The monoisotopic (exact) mass is 468 g/mol. The first-order chi connectivity index (χ1) is 16.0. The Morgan fingerprint density at radius 2 is 1.82 bits per heavy atom. The van der Waals surface area contributed by atoms with Gasteiger partial charge in [0.2, 0.25) is 10.0 Å². The van der Waals surface area contributed by atoms with Crippen LogP contribution in [0.5, 0.6) is 0 Å². The third-order valence-corrected chi connectivity index (χ3v) is 8.81. The van der Waals surface area contributed by atoms with Gasteiger partial charge in [-0.3, -0.25) is 4.90 Å². The highest BCUT2D eigenvalue weighted by atomic mass is 32.2. The summed E-state index contributed by atoms with van der Waals surface area (Å²) < 4.78 is 33.7. The number of aliphatic hydroxyl groups is 1. The van der Waals surface area contributed by atoms with Crippen LogP contribution in [0.3, 0.4) is 0 Å². The Labute approximate surface area is 197 Å². The van der Waals surface area contributed by atoms with E-state index in [1.54, 1.807) is 23.5 Å². The molecule has 0 unspecified atom stereocenters. The van der Waals surface area contributed by atoms with Gasteiger partial charge in [0.15, 0.2) is 0 Å². The highest BCUT2D eigenvalue weighted by Crippen LogP contribution is 2.42. The second-order valence-corrected chi connectivity index (χ2v) is 10.7. The zero-order valence-corrected chi connectivity index (χ0v) is 20.1. The van der Waals surface area contributed by atoms with E-state index in [4.69, 9.17) is 4.74 Å². The maximum absolute atomic E-state index is 13.5. The van der Waals surface area contributed by atoms with Gasteiger partial charge < -0.3 is 9.84 Å². The van der Waals surface area contributed by atoms with E-state index >= 15 is 0 Å². The molecule has 0 bridgehead atoms. The van der Waals surface area contributed by atoms with Crippen molar-refractivity contribution in [3.8, 4) is 11.8 Å². The Kier molecular flexibility index (Phi) is 7.52. The smallest absolute Gasteiger partial charge is 0.243 e. The molecule has 176 valence electrons. The van der Waals surface area contributed by atoms with Crippen molar-refractivity contribution in [3.63, 3.8) is 0 Å². The molecule has 2 heterocycles. The van der Waals surface area contributed by atoms with Crippen molar-refractivity contribution in [2.75, 3.05) is 40.0 Å². The van der Waals surface area contributed by atoms with Crippen LogP contribution in [0.4, 0.5) is 0 Å². The van der Waals surface area contributed by atoms with Crippen LogP contribution in [0.25, 0.3) is 0 Å². The molecule has 0 aromatic heterocycles. The molecular formula is C26H32N2O4S. The summed E-state index contributed by atoms with van der Waals surface area (Å²) in [7, 11) is -1.97. The van der Waals surface area contributed by atoms with Crippen LogP contribution in [0, 0.1) is 18.8 Å². The zero-order chi connectivity index (χ0) is 23.4. The molecule has 0 saturated carbocycles. The second kappa shape index (κ2) is 10.4. The number of benzene rings is 2. The van der Waals surface area contributed by atoms with Gasteiger partial charge in [0.1, 0.15) is 6.61 Å². The molecule has 1 N–H and O–H groups in total. The van der Waals surface area contributed by atoms with E-state index in [0.29, 0.717) is 24.6 Å². The topological polar surface area (TPSA) is 70.1 Å². The van der Waals surface area contributed by atoms with E-state index in [1.165, 1.54) is 0 Å². The number of aryl methyl sites for hydroxylation is 1. The van der Waals surface area contributed by atoms with Crippen LogP contribution < -0.4 is 0 Å². The number of hydrogen-bond donors (Lipinski definition) is 1. The average Bonchev–Trinajstić information content (AvgIpc) is 2.79. The highest BCUT2D eigenvalue weighted by molar-refractivity contribution is 7.89. The lowest BCUT2D eigenvalue weighted by Crippen LogP contribution is -2.67. The lowest BCUT2D eigenvalue weighted by molar-refractivity contribution is -0.0553. The van der Waals surface area contributed by atoms with Crippen molar-refractivity contribution in [1.29, 1.82) is 0 Å². The summed E-state index contributed by atoms with van der Waals surface area (Å²) in [6.07, 6.45) is 1.72. The molecular weight excluding hydrogens is 436 g/mol. The van der Waals surface area contributed by atoms with Crippen molar-refractivity contribution < 1.29 is 18.3 Å². The molecule has 0 radical (unpaired) electrons. The van der Waals surface area contributed by atoms with Crippen LogP contribution in [0.2, 0.25) is 0 Å². The molecule has 2 saturated heterocycles. The fourth-order valence-corrected chi connectivity index (χ4v) is 6.83. The van der Waals surface area contributed by atoms with E-state index in [9.17, 15) is 13.5 Å². The van der Waals surface area contributed by atoms with Gasteiger partial charge in [-0.15, -0.1) is 0 Å². The number of aliphatic hydroxyl groups excluding tert-OH is 1. The Bertz CT molecular complexity index is 1120. The number of sulfonamides is 1. The van der Waals surface area contributed by atoms with Gasteiger partial charge in [-0.1, -0.05) is 42.2 Å². The van der Waals surface area contributed by atoms with E-state index in [2.05, 4.69) is 28.9 Å². The normalized spacial score (nSPS) is 24.0. The van der Waals surface area contributed by atoms with Crippen LogP contribution >= 0.6 is 0 Å². The number of fused-ring (bicyclic) bond motifs is 1. The Morgan fingerprint density at radius 1 is 1.09 bits per heavy atom. The largest absolute Gasteiger partial charge is 0.395 e. The minimum atomic E-state index is -3.59. The van der Waals surface area contributed by atoms with E-state index in [0.717, 1.165) is 36.1 Å². The molecule has 2 aromatic carbocycles. The molecule has 4 rings (SSSR count). The van der Waals surface area contributed by atoms with Crippen molar-refractivity contribution in [2.24, 2.45) is 0 Å². The molecule has 2 fully saturated rings. The highest BCUT2D eigenvalue weighted by Gasteiger charge is 2.50. The molecule has 2 aromatic rings. The first-order valence-corrected chi connectivity index (χ1v) is 12.9. The molecule has 0 spiro atoms. The van der Waals surface area contributed by atoms with Crippen molar-refractivity contribution in [3.05, 3.63) is 65.2 Å². The van der Waals surface area contributed by atoms with Crippen LogP contribution in [0.1, 0.15) is 35.4 Å².